The average molecular weight is 424 g/mol. The molecule has 30 heavy (non-hydrogen) atoms. The number of hydrogen-bond donors (Lipinski definition) is 2. The van der Waals surface area contributed by atoms with Gasteiger partial charge < -0.3 is 25.0 Å². The Bertz CT molecular complexity index is 938. The standard InChI is InChI=1S/C23H25N3O3S/c1-16-20(22(27)29-15-17-5-3-2-4-6-17)21(25-23(30)24-16)18-7-9-19(10-8-18)26-11-13-28-14-12-26/h2-10,21H,11-15H2,1H3,(H2,24,25,30)/t21-/m0/s1. The van der Waals surface area contributed by atoms with E-state index in [0.717, 1.165) is 43.1 Å². The predicted molar refractivity (Wildman–Crippen MR) is 120 cm³/mol. The summed E-state index contributed by atoms with van der Waals surface area (Å²) in [6.07, 6.45) is 0. The van der Waals surface area contributed by atoms with Crippen molar-refractivity contribution in [2.45, 2.75) is 19.6 Å². The Morgan fingerprint density at radius 2 is 1.83 bits per heavy atom. The van der Waals surface area contributed by atoms with Crippen LogP contribution >= 0.6 is 12.2 Å². The first kappa shape index (κ1) is 20.4. The zero-order valence-corrected chi connectivity index (χ0v) is 17.7. The molecule has 2 aliphatic heterocycles. The number of esters is 1. The van der Waals surface area contributed by atoms with Crippen LogP contribution in [-0.2, 0) is 20.9 Å². The van der Waals surface area contributed by atoms with E-state index in [2.05, 4.69) is 27.7 Å². The van der Waals surface area contributed by atoms with Gasteiger partial charge in [0, 0.05) is 24.5 Å². The highest BCUT2D eigenvalue weighted by Crippen LogP contribution is 2.29. The maximum atomic E-state index is 13.0. The van der Waals surface area contributed by atoms with Crippen molar-refractivity contribution < 1.29 is 14.3 Å². The van der Waals surface area contributed by atoms with Gasteiger partial charge in [0.05, 0.1) is 24.8 Å². The van der Waals surface area contributed by atoms with E-state index in [-0.39, 0.29) is 18.6 Å². The molecule has 4 rings (SSSR count). The molecule has 2 aliphatic rings. The van der Waals surface area contributed by atoms with Crippen LogP contribution in [0.3, 0.4) is 0 Å². The second-order valence-electron chi connectivity index (χ2n) is 7.32. The van der Waals surface area contributed by atoms with E-state index in [1.54, 1.807) is 0 Å². The summed E-state index contributed by atoms with van der Waals surface area (Å²) in [5.74, 6) is -0.360. The first-order chi connectivity index (χ1) is 14.6. The highest BCUT2D eigenvalue weighted by atomic mass is 32.1. The van der Waals surface area contributed by atoms with Crippen LogP contribution in [-0.4, -0.2) is 37.4 Å². The predicted octanol–water partition coefficient (Wildman–Crippen LogP) is 3.06. The van der Waals surface area contributed by atoms with Crippen LogP contribution in [0.5, 0.6) is 0 Å². The SMILES string of the molecule is CC1=C(C(=O)OCc2ccccc2)[C@H](c2ccc(N3CCOCC3)cc2)NC(=S)N1. The number of carbonyl (C=O) groups excluding carboxylic acids is 1. The fourth-order valence-corrected chi connectivity index (χ4v) is 3.99. The zero-order chi connectivity index (χ0) is 20.9. The molecule has 0 saturated carbocycles. The van der Waals surface area contributed by atoms with Crippen molar-refractivity contribution in [2.75, 3.05) is 31.2 Å². The molecular formula is C23H25N3O3S. The summed E-state index contributed by atoms with van der Waals surface area (Å²) in [6.45, 7) is 5.32. The van der Waals surface area contributed by atoms with Gasteiger partial charge >= 0.3 is 5.97 Å². The van der Waals surface area contributed by atoms with E-state index in [9.17, 15) is 4.79 Å². The van der Waals surface area contributed by atoms with Crippen molar-refractivity contribution in [3.63, 3.8) is 0 Å². The van der Waals surface area contributed by atoms with Gasteiger partial charge in [0.15, 0.2) is 5.11 Å². The van der Waals surface area contributed by atoms with Crippen LogP contribution in [0.25, 0.3) is 0 Å². The smallest absolute Gasteiger partial charge is 0.338 e. The Morgan fingerprint density at radius 3 is 2.53 bits per heavy atom. The molecule has 0 amide bonds. The third kappa shape index (κ3) is 4.63. The molecule has 7 heteroatoms. The Balaban J connectivity index is 1.53. The lowest BCUT2D eigenvalue weighted by molar-refractivity contribution is -0.140. The summed E-state index contributed by atoms with van der Waals surface area (Å²) >= 11 is 5.34. The van der Waals surface area contributed by atoms with Gasteiger partial charge in [0.2, 0.25) is 0 Å². The lowest BCUT2D eigenvalue weighted by Crippen LogP contribution is -2.45. The van der Waals surface area contributed by atoms with Crippen molar-refractivity contribution in [1.29, 1.82) is 0 Å². The van der Waals surface area contributed by atoms with E-state index >= 15 is 0 Å². The molecule has 2 N–H and O–H groups in total. The van der Waals surface area contributed by atoms with Gasteiger partial charge in [-0.1, -0.05) is 42.5 Å². The first-order valence-corrected chi connectivity index (χ1v) is 10.4. The minimum atomic E-state index is -0.360. The third-order valence-corrected chi connectivity index (χ3v) is 5.52. The van der Waals surface area contributed by atoms with Crippen LogP contribution in [0, 0.1) is 0 Å². The molecule has 0 aliphatic carbocycles. The quantitative estimate of drug-likeness (QED) is 0.566. The van der Waals surface area contributed by atoms with Gasteiger partial charge in [-0.05, 0) is 42.4 Å². The summed E-state index contributed by atoms with van der Waals surface area (Å²) in [6, 6.07) is 17.5. The third-order valence-electron chi connectivity index (χ3n) is 5.30. The lowest BCUT2D eigenvalue weighted by Gasteiger charge is -2.31. The van der Waals surface area contributed by atoms with Crippen molar-refractivity contribution in [2.24, 2.45) is 0 Å². The number of nitrogens with zero attached hydrogens (tertiary/aromatic N) is 1. The molecule has 2 heterocycles. The second kappa shape index (κ2) is 9.28. The van der Waals surface area contributed by atoms with E-state index in [1.165, 1.54) is 0 Å². The zero-order valence-electron chi connectivity index (χ0n) is 16.9. The van der Waals surface area contributed by atoms with Gasteiger partial charge in [-0.2, -0.15) is 0 Å². The monoisotopic (exact) mass is 423 g/mol. The second-order valence-corrected chi connectivity index (χ2v) is 7.73. The van der Waals surface area contributed by atoms with Gasteiger partial charge in [-0.15, -0.1) is 0 Å². The summed E-state index contributed by atoms with van der Waals surface area (Å²) < 4.78 is 11.0. The Labute approximate surface area is 181 Å². The topological polar surface area (TPSA) is 62.8 Å². The normalized spacial score (nSPS) is 19.2. The van der Waals surface area contributed by atoms with Crippen LogP contribution in [0.1, 0.15) is 24.1 Å². The van der Waals surface area contributed by atoms with E-state index < -0.39 is 0 Å². The van der Waals surface area contributed by atoms with Crippen LogP contribution in [0.2, 0.25) is 0 Å². The van der Waals surface area contributed by atoms with Gasteiger partial charge in [-0.3, -0.25) is 0 Å². The Morgan fingerprint density at radius 1 is 1.13 bits per heavy atom. The van der Waals surface area contributed by atoms with E-state index in [0.29, 0.717) is 16.4 Å². The molecule has 2 aromatic carbocycles. The number of benzene rings is 2. The summed E-state index contributed by atoms with van der Waals surface area (Å²) in [5, 5.41) is 6.76. The molecule has 1 saturated heterocycles. The lowest BCUT2D eigenvalue weighted by atomic mass is 9.95. The highest BCUT2D eigenvalue weighted by molar-refractivity contribution is 7.80. The summed E-state index contributed by atoms with van der Waals surface area (Å²) in [7, 11) is 0. The molecule has 0 bridgehead atoms. The molecule has 0 unspecified atom stereocenters. The number of thiocarbonyl (C=S) groups is 1. The van der Waals surface area contributed by atoms with Crippen LogP contribution in [0.4, 0.5) is 5.69 Å². The number of ether oxygens (including phenoxy) is 2. The van der Waals surface area contributed by atoms with Gasteiger partial charge in [0.1, 0.15) is 6.61 Å². The van der Waals surface area contributed by atoms with E-state index in [1.807, 2.05) is 49.4 Å². The molecule has 1 atom stereocenters. The summed E-state index contributed by atoms with van der Waals surface area (Å²) in [5.41, 5.74) is 4.30. The number of allylic oxidation sites excluding steroid dienone is 1. The Hall–Kier alpha value is -2.90. The fourth-order valence-electron chi connectivity index (χ4n) is 3.71. The first-order valence-electron chi connectivity index (χ1n) is 10.0. The minimum Gasteiger partial charge on any atom is -0.457 e. The molecule has 0 radical (unpaired) electrons. The number of nitrogens with one attached hydrogen (secondary N) is 2. The maximum Gasteiger partial charge on any atom is 0.338 e. The molecule has 0 spiro atoms. The fraction of sp³-hybridized carbons (Fsp3) is 0.304. The van der Waals surface area contributed by atoms with Crippen molar-refractivity contribution in [3.8, 4) is 0 Å². The average Bonchev–Trinajstić information content (AvgIpc) is 2.78. The number of carbonyl (C=O) groups is 1. The van der Waals surface area contributed by atoms with Crippen LogP contribution < -0.4 is 15.5 Å². The minimum absolute atomic E-state index is 0.226. The molecule has 1 fully saturated rings. The van der Waals surface area contributed by atoms with E-state index in [4.69, 9.17) is 21.7 Å². The van der Waals surface area contributed by atoms with Gasteiger partial charge in [-0.25, -0.2) is 4.79 Å². The Kier molecular flexibility index (Phi) is 6.30. The molecule has 6 nitrogen and oxygen atoms in total. The molecule has 156 valence electrons. The number of morpholine rings is 1. The number of hydrogen-bond acceptors (Lipinski definition) is 5. The molecule has 0 aromatic heterocycles. The van der Waals surface area contributed by atoms with Gasteiger partial charge in [0.25, 0.3) is 0 Å². The van der Waals surface area contributed by atoms with Crippen molar-refractivity contribution in [1.82, 2.24) is 10.6 Å². The summed E-state index contributed by atoms with van der Waals surface area (Å²) in [4.78, 5) is 15.3. The molecular weight excluding hydrogens is 398 g/mol. The largest absolute Gasteiger partial charge is 0.457 e. The van der Waals surface area contributed by atoms with Crippen molar-refractivity contribution in [3.05, 3.63) is 77.0 Å². The van der Waals surface area contributed by atoms with Crippen molar-refractivity contribution >= 4 is 29.0 Å². The highest BCUT2D eigenvalue weighted by Gasteiger charge is 2.31. The molecule has 2 aromatic rings. The number of anilines is 1. The number of rotatable bonds is 5. The maximum absolute atomic E-state index is 13.0. The van der Waals surface area contributed by atoms with Crippen LogP contribution in [0.15, 0.2) is 65.9 Å².